The average molecular weight is 338 g/mol. The second-order valence-electron chi connectivity index (χ2n) is 7.18. The fourth-order valence-corrected chi connectivity index (χ4v) is 3.75. The van der Waals surface area contributed by atoms with Crippen LogP contribution in [0.5, 0.6) is 0 Å². The maximum Gasteiger partial charge on any atom is 0.317 e. The first-order valence-electron chi connectivity index (χ1n) is 7.95. The van der Waals surface area contributed by atoms with E-state index < -0.39 is 9.84 Å². The van der Waals surface area contributed by atoms with Crippen LogP contribution in [-0.4, -0.2) is 43.9 Å². The molecule has 1 N–H and O–H groups in total. The van der Waals surface area contributed by atoms with Crippen molar-refractivity contribution in [3.8, 4) is 0 Å². The molecule has 2 amide bonds. The molecule has 2 rings (SSSR count). The molecular formula is C17H26N2O3S. The SMILES string of the molecule is CC(NC(=O)N1CCS(=O)(=O)CC1)c1ccc(C(C)(C)C)cc1. The van der Waals surface area contributed by atoms with E-state index in [0.717, 1.165) is 5.56 Å². The third kappa shape index (κ3) is 4.70. The molecule has 0 radical (unpaired) electrons. The molecule has 0 spiro atoms. The summed E-state index contributed by atoms with van der Waals surface area (Å²) in [4.78, 5) is 13.8. The van der Waals surface area contributed by atoms with Gasteiger partial charge in [0.05, 0.1) is 17.5 Å². The molecule has 1 fully saturated rings. The average Bonchev–Trinajstić information content (AvgIpc) is 2.46. The molecule has 1 saturated heterocycles. The third-order valence-corrected chi connectivity index (χ3v) is 5.86. The molecule has 1 atom stereocenters. The lowest BCUT2D eigenvalue weighted by atomic mass is 9.86. The topological polar surface area (TPSA) is 66.5 Å². The maximum atomic E-state index is 12.2. The molecule has 0 saturated carbocycles. The Kier molecular flexibility index (Phi) is 5.04. The Balaban J connectivity index is 1.96. The largest absolute Gasteiger partial charge is 0.331 e. The first kappa shape index (κ1) is 17.8. The molecule has 0 aromatic heterocycles. The van der Waals surface area contributed by atoms with Crippen LogP contribution in [0.15, 0.2) is 24.3 Å². The number of carbonyl (C=O) groups is 1. The number of carbonyl (C=O) groups excluding carboxylic acids is 1. The van der Waals surface area contributed by atoms with E-state index in [9.17, 15) is 13.2 Å². The van der Waals surface area contributed by atoms with Crippen LogP contribution < -0.4 is 5.32 Å². The van der Waals surface area contributed by atoms with Crippen LogP contribution >= 0.6 is 0 Å². The van der Waals surface area contributed by atoms with Crippen LogP contribution in [0.1, 0.15) is 44.9 Å². The highest BCUT2D eigenvalue weighted by Crippen LogP contribution is 2.24. The van der Waals surface area contributed by atoms with E-state index in [2.05, 4.69) is 38.2 Å². The normalized spacial score (nSPS) is 19.2. The first-order chi connectivity index (χ1) is 10.6. The van der Waals surface area contributed by atoms with E-state index in [4.69, 9.17) is 0 Å². The Labute approximate surface area is 139 Å². The van der Waals surface area contributed by atoms with E-state index in [1.807, 2.05) is 19.1 Å². The molecule has 0 bridgehead atoms. The number of urea groups is 1. The van der Waals surface area contributed by atoms with Gasteiger partial charge in [0, 0.05) is 13.1 Å². The van der Waals surface area contributed by atoms with Gasteiger partial charge >= 0.3 is 6.03 Å². The summed E-state index contributed by atoms with van der Waals surface area (Å²) in [5, 5.41) is 2.94. The summed E-state index contributed by atoms with van der Waals surface area (Å²) in [7, 11) is -2.97. The van der Waals surface area contributed by atoms with Crippen LogP contribution in [0.3, 0.4) is 0 Å². The Morgan fingerprint density at radius 3 is 2.13 bits per heavy atom. The van der Waals surface area contributed by atoms with Gasteiger partial charge in [-0.15, -0.1) is 0 Å². The summed E-state index contributed by atoms with van der Waals surface area (Å²) in [6.07, 6.45) is 0. The van der Waals surface area contributed by atoms with Crippen LogP contribution in [0.4, 0.5) is 4.79 Å². The van der Waals surface area contributed by atoms with E-state index in [-0.39, 0.29) is 42.1 Å². The highest BCUT2D eigenvalue weighted by molar-refractivity contribution is 7.91. The molecule has 128 valence electrons. The van der Waals surface area contributed by atoms with Crippen molar-refractivity contribution < 1.29 is 13.2 Å². The smallest absolute Gasteiger partial charge is 0.317 e. The fraction of sp³-hybridized carbons (Fsp3) is 0.588. The van der Waals surface area contributed by atoms with Gasteiger partial charge in [0.25, 0.3) is 0 Å². The molecule has 23 heavy (non-hydrogen) atoms. The first-order valence-corrected chi connectivity index (χ1v) is 9.77. The molecule has 1 aromatic rings. The molecule has 1 unspecified atom stereocenters. The van der Waals surface area contributed by atoms with Gasteiger partial charge in [0.1, 0.15) is 0 Å². The Hall–Kier alpha value is -1.56. The zero-order valence-electron chi connectivity index (χ0n) is 14.3. The van der Waals surface area contributed by atoms with E-state index in [1.165, 1.54) is 5.56 Å². The van der Waals surface area contributed by atoms with Crippen molar-refractivity contribution in [3.05, 3.63) is 35.4 Å². The molecule has 0 aliphatic carbocycles. The van der Waals surface area contributed by atoms with Gasteiger partial charge in [0.15, 0.2) is 9.84 Å². The van der Waals surface area contributed by atoms with Crippen LogP contribution in [-0.2, 0) is 15.3 Å². The minimum absolute atomic E-state index is 0.0507. The van der Waals surface area contributed by atoms with Gasteiger partial charge in [0.2, 0.25) is 0 Å². The van der Waals surface area contributed by atoms with Gasteiger partial charge in [-0.05, 0) is 23.5 Å². The lowest BCUT2D eigenvalue weighted by Crippen LogP contribution is -2.48. The number of hydrogen-bond acceptors (Lipinski definition) is 3. The van der Waals surface area contributed by atoms with Gasteiger partial charge in [-0.3, -0.25) is 0 Å². The highest BCUT2D eigenvalue weighted by atomic mass is 32.2. The van der Waals surface area contributed by atoms with Crippen molar-refractivity contribution in [1.29, 1.82) is 0 Å². The maximum absolute atomic E-state index is 12.2. The zero-order valence-corrected chi connectivity index (χ0v) is 15.1. The molecule has 6 heteroatoms. The monoisotopic (exact) mass is 338 g/mol. The van der Waals surface area contributed by atoms with Gasteiger partial charge in [-0.25, -0.2) is 13.2 Å². The summed E-state index contributed by atoms with van der Waals surface area (Å²) in [6.45, 7) is 8.96. The van der Waals surface area contributed by atoms with E-state index >= 15 is 0 Å². The summed E-state index contributed by atoms with van der Waals surface area (Å²) >= 11 is 0. The lowest BCUT2D eigenvalue weighted by Gasteiger charge is -2.28. The molecule has 5 nitrogen and oxygen atoms in total. The number of nitrogens with zero attached hydrogens (tertiary/aromatic N) is 1. The van der Waals surface area contributed by atoms with E-state index in [0.29, 0.717) is 0 Å². The lowest BCUT2D eigenvalue weighted by molar-refractivity contribution is 0.199. The number of rotatable bonds is 2. The Bertz CT molecular complexity index is 646. The molecule has 1 aromatic carbocycles. The summed E-state index contributed by atoms with van der Waals surface area (Å²) in [5.74, 6) is 0.101. The second-order valence-corrected chi connectivity index (χ2v) is 9.49. The predicted octanol–water partition coefficient (Wildman–Crippen LogP) is 2.49. The summed E-state index contributed by atoms with van der Waals surface area (Å²) < 4.78 is 22.8. The number of sulfone groups is 1. The quantitative estimate of drug-likeness (QED) is 0.901. The zero-order chi connectivity index (χ0) is 17.3. The molecule has 1 aliphatic rings. The van der Waals surface area contributed by atoms with Crippen molar-refractivity contribution in [2.45, 2.75) is 39.2 Å². The van der Waals surface area contributed by atoms with Crippen LogP contribution in [0.2, 0.25) is 0 Å². The van der Waals surface area contributed by atoms with Gasteiger partial charge < -0.3 is 10.2 Å². The molecule has 1 heterocycles. The minimum Gasteiger partial charge on any atom is -0.331 e. The second kappa shape index (κ2) is 6.51. The van der Waals surface area contributed by atoms with Crippen molar-refractivity contribution in [2.24, 2.45) is 0 Å². The number of hydrogen-bond donors (Lipinski definition) is 1. The number of benzene rings is 1. The van der Waals surface area contributed by atoms with Crippen LogP contribution in [0.25, 0.3) is 0 Å². The van der Waals surface area contributed by atoms with Crippen LogP contribution in [0, 0.1) is 0 Å². The highest BCUT2D eigenvalue weighted by Gasteiger charge is 2.25. The number of amides is 2. The fourth-order valence-electron chi connectivity index (χ4n) is 2.55. The van der Waals surface area contributed by atoms with Gasteiger partial charge in [-0.1, -0.05) is 45.0 Å². The van der Waals surface area contributed by atoms with Crippen molar-refractivity contribution in [1.82, 2.24) is 10.2 Å². The molecular weight excluding hydrogens is 312 g/mol. The Morgan fingerprint density at radius 2 is 1.65 bits per heavy atom. The van der Waals surface area contributed by atoms with Crippen molar-refractivity contribution >= 4 is 15.9 Å². The minimum atomic E-state index is -2.97. The van der Waals surface area contributed by atoms with Crippen molar-refractivity contribution in [2.75, 3.05) is 24.6 Å². The summed E-state index contributed by atoms with van der Waals surface area (Å²) in [6, 6.07) is 7.93. The number of nitrogens with one attached hydrogen (secondary N) is 1. The summed E-state index contributed by atoms with van der Waals surface area (Å²) in [5.41, 5.74) is 2.39. The molecule has 1 aliphatic heterocycles. The van der Waals surface area contributed by atoms with E-state index in [1.54, 1.807) is 4.90 Å². The van der Waals surface area contributed by atoms with Crippen molar-refractivity contribution in [3.63, 3.8) is 0 Å². The Morgan fingerprint density at radius 1 is 1.13 bits per heavy atom. The predicted molar refractivity (Wildman–Crippen MR) is 92.3 cm³/mol. The standard InChI is InChI=1S/C17H26N2O3S/c1-13(14-5-7-15(8-6-14)17(2,3)4)18-16(20)19-9-11-23(21,22)12-10-19/h5-8,13H,9-12H2,1-4H3,(H,18,20). The van der Waals surface area contributed by atoms with Gasteiger partial charge in [-0.2, -0.15) is 0 Å². The third-order valence-electron chi connectivity index (χ3n) is 4.25.